The first kappa shape index (κ1) is 21.6. The summed E-state index contributed by atoms with van der Waals surface area (Å²) < 4.78 is 17.2. The summed E-state index contributed by atoms with van der Waals surface area (Å²) in [5.41, 5.74) is 0. The third kappa shape index (κ3) is 14.6. The summed E-state index contributed by atoms with van der Waals surface area (Å²) in [6.07, 6.45) is 9.81. The van der Waals surface area contributed by atoms with Crippen LogP contribution in [0.1, 0.15) is 51.9 Å². The van der Waals surface area contributed by atoms with Crippen LogP contribution in [-0.4, -0.2) is 62.1 Å². The molecule has 1 atom stereocenters. The van der Waals surface area contributed by atoms with Crippen molar-refractivity contribution in [2.24, 2.45) is 0 Å². The maximum Gasteiger partial charge on any atom is 0.0700 e. The van der Waals surface area contributed by atoms with E-state index >= 15 is 0 Å². The smallest absolute Gasteiger partial charge is 0.0700 e. The van der Waals surface area contributed by atoms with Gasteiger partial charge >= 0.3 is 0 Å². The lowest BCUT2D eigenvalue weighted by Gasteiger charge is -2.17. The van der Waals surface area contributed by atoms with E-state index in [1.807, 2.05) is 23.5 Å². The number of rotatable bonds is 7. The van der Waals surface area contributed by atoms with Crippen molar-refractivity contribution in [1.82, 2.24) is 0 Å². The van der Waals surface area contributed by atoms with Crippen LogP contribution in [-0.2, 0) is 14.2 Å². The Morgan fingerprint density at radius 2 is 1.39 bits per heavy atom. The van der Waals surface area contributed by atoms with Crippen molar-refractivity contribution in [3.63, 3.8) is 0 Å². The zero-order chi connectivity index (χ0) is 16.4. The van der Waals surface area contributed by atoms with Crippen molar-refractivity contribution in [3.8, 4) is 0 Å². The third-order valence-corrected chi connectivity index (χ3v) is 5.85. The van der Waals surface area contributed by atoms with Crippen LogP contribution in [0.5, 0.6) is 0 Å². The standard InChI is InChI=1S/C18H36O3S2/c1-2-3-4-5-6-7-8-18-17-23-15-12-20-10-9-19-11-14-22-16-13-21-18/h18H,2-17H2,1H3. The van der Waals surface area contributed by atoms with Gasteiger partial charge in [-0.15, -0.1) is 0 Å². The second kappa shape index (κ2) is 17.4. The molecule has 1 rings (SSSR count). The first-order valence-electron chi connectivity index (χ1n) is 9.36. The molecule has 1 aliphatic rings. The van der Waals surface area contributed by atoms with E-state index in [1.54, 1.807) is 0 Å². The van der Waals surface area contributed by atoms with Crippen LogP contribution in [0.4, 0.5) is 0 Å². The molecule has 1 heterocycles. The number of thioether (sulfide) groups is 2. The average Bonchev–Trinajstić information content (AvgIpc) is 2.57. The number of hydrogen-bond acceptors (Lipinski definition) is 5. The van der Waals surface area contributed by atoms with E-state index in [2.05, 4.69) is 6.92 Å². The summed E-state index contributed by atoms with van der Waals surface area (Å²) in [5.74, 6) is 4.31. The molecule has 0 radical (unpaired) electrons. The van der Waals surface area contributed by atoms with E-state index in [1.165, 1.54) is 44.9 Å². The second-order valence-electron chi connectivity index (χ2n) is 5.96. The van der Waals surface area contributed by atoms with Gasteiger partial charge in [-0.3, -0.25) is 0 Å². The summed E-state index contributed by atoms with van der Waals surface area (Å²) in [6, 6.07) is 0. The van der Waals surface area contributed by atoms with Crippen LogP contribution in [0, 0.1) is 0 Å². The number of unbranched alkanes of at least 4 members (excludes halogenated alkanes) is 5. The molecule has 0 N–H and O–H groups in total. The quantitative estimate of drug-likeness (QED) is 0.614. The molecule has 0 aliphatic carbocycles. The van der Waals surface area contributed by atoms with E-state index in [-0.39, 0.29) is 0 Å². The first-order chi connectivity index (χ1) is 11.4. The highest BCUT2D eigenvalue weighted by Gasteiger charge is 2.09. The topological polar surface area (TPSA) is 27.7 Å². The molecule has 0 bridgehead atoms. The molecule has 0 aromatic carbocycles. The Hall–Kier alpha value is 0.580. The van der Waals surface area contributed by atoms with Crippen molar-refractivity contribution < 1.29 is 14.2 Å². The lowest BCUT2D eigenvalue weighted by atomic mass is 10.1. The molecule has 1 unspecified atom stereocenters. The van der Waals surface area contributed by atoms with Gasteiger partial charge in [0.1, 0.15) is 0 Å². The van der Waals surface area contributed by atoms with Gasteiger partial charge in [0.25, 0.3) is 0 Å². The van der Waals surface area contributed by atoms with Crippen LogP contribution in [0.15, 0.2) is 0 Å². The van der Waals surface area contributed by atoms with E-state index in [9.17, 15) is 0 Å². The number of ether oxygens (including phenoxy) is 3. The average molecular weight is 365 g/mol. The molecule has 0 amide bonds. The lowest BCUT2D eigenvalue weighted by Crippen LogP contribution is -2.18. The highest BCUT2D eigenvalue weighted by atomic mass is 32.2. The number of hydrogen-bond donors (Lipinski definition) is 0. The molecule has 5 heteroatoms. The highest BCUT2D eigenvalue weighted by molar-refractivity contribution is 7.99. The SMILES string of the molecule is CCCCCCCCC1CSCCOCCOCCSCCO1. The molecule has 0 aromatic rings. The largest absolute Gasteiger partial charge is 0.378 e. The molecule has 0 spiro atoms. The van der Waals surface area contributed by atoms with Crippen LogP contribution in [0.2, 0.25) is 0 Å². The predicted molar refractivity (Wildman–Crippen MR) is 104 cm³/mol. The fourth-order valence-corrected chi connectivity index (χ4v) is 4.10. The summed E-state index contributed by atoms with van der Waals surface area (Å²) >= 11 is 3.89. The minimum atomic E-state index is 0.424. The second-order valence-corrected chi connectivity index (χ2v) is 8.34. The van der Waals surface area contributed by atoms with Crippen LogP contribution >= 0.6 is 23.5 Å². The van der Waals surface area contributed by atoms with Gasteiger partial charge in [0, 0.05) is 23.0 Å². The fourth-order valence-electron chi connectivity index (χ4n) is 2.52. The molecule has 23 heavy (non-hydrogen) atoms. The summed E-state index contributed by atoms with van der Waals surface area (Å²) in [6.45, 7) is 6.25. The van der Waals surface area contributed by atoms with E-state index < -0.39 is 0 Å². The Labute approximate surface area is 152 Å². The van der Waals surface area contributed by atoms with Gasteiger partial charge in [0.05, 0.1) is 39.1 Å². The van der Waals surface area contributed by atoms with Crippen molar-refractivity contribution in [1.29, 1.82) is 0 Å². The lowest BCUT2D eigenvalue weighted by molar-refractivity contribution is 0.0605. The van der Waals surface area contributed by atoms with Gasteiger partial charge in [-0.05, 0) is 6.42 Å². The van der Waals surface area contributed by atoms with E-state index in [0.29, 0.717) is 6.10 Å². The Morgan fingerprint density at radius 3 is 2.17 bits per heavy atom. The monoisotopic (exact) mass is 364 g/mol. The zero-order valence-corrected chi connectivity index (χ0v) is 16.6. The van der Waals surface area contributed by atoms with Crippen LogP contribution < -0.4 is 0 Å². The van der Waals surface area contributed by atoms with Gasteiger partial charge in [-0.1, -0.05) is 45.4 Å². The Bertz CT molecular complexity index is 226. The molecule has 138 valence electrons. The highest BCUT2D eigenvalue weighted by Crippen LogP contribution is 2.15. The summed E-state index contributed by atoms with van der Waals surface area (Å²) in [4.78, 5) is 0. The molecule has 3 nitrogen and oxygen atoms in total. The van der Waals surface area contributed by atoms with Crippen molar-refractivity contribution in [3.05, 3.63) is 0 Å². The van der Waals surface area contributed by atoms with Crippen molar-refractivity contribution in [2.75, 3.05) is 56.0 Å². The molecular weight excluding hydrogens is 328 g/mol. The predicted octanol–water partition coefficient (Wildman–Crippen LogP) is 4.64. The third-order valence-electron chi connectivity index (χ3n) is 3.88. The molecular formula is C18H36O3S2. The van der Waals surface area contributed by atoms with Gasteiger partial charge in [0.15, 0.2) is 0 Å². The van der Waals surface area contributed by atoms with Crippen molar-refractivity contribution in [2.45, 2.75) is 58.0 Å². The Balaban J connectivity index is 2.15. The van der Waals surface area contributed by atoms with E-state index in [0.717, 1.165) is 56.0 Å². The zero-order valence-electron chi connectivity index (χ0n) is 14.9. The molecule has 0 aromatic heterocycles. The first-order valence-corrected chi connectivity index (χ1v) is 11.7. The maximum absolute atomic E-state index is 6.12. The molecule has 1 aliphatic heterocycles. The maximum atomic E-state index is 6.12. The minimum Gasteiger partial charge on any atom is -0.378 e. The van der Waals surface area contributed by atoms with Crippen LogP contribution in [0.25, 0.3) is 0 Å². The Morgan fingerprint density at radius 1 is 0.739 bits per heavy atom. The molecule has 1 fully saturated rings. The fraction of sp³-hybridized carbons (Fsp3) is 1.00. The summed E-state index contributed by atoms with van der Waals surface area (Å²) in [5, 5.41) is 0. The summed E-state index contributed by atoms with van der Waals surface area (Å²) in [7, 11) is 0. The van der Waals surface area contributed by atoms with Crippen LogP contribution in [0.3, 0.4) is 0 Å². The Kier molecular flexibility index (Phi) is 16.4. The van der Waals surface area contributed by atoms with Gasteiger partial charge in [0.2, 0.25) is 0 Å². The van der Waals surface area contributed by atoms with E-state index in [4.69, 9.17) is 14.2 Å². The minimum absolute atomic E-state index is 0.424. The normalized spacial score (nSPS) is 23.1. The molecule has 0 saturated carbocycles. The van der Waals surface area contributed by atoms with Gasteiger partial charge < -0.3 is 14.2 Å². The molecule has 1 saturated heterocycles. The van der Waals surface area contributed by atoms with Crippen molar-refractivity contribution >= 4 is 23.5 Å². The van der Waals surface area contributed by atoms with Gasteiger partial charge in [-0.25, -0.2) is 0 Å². The van der Waals surface area contributed by atoms with Gasteiger partial charge in [-0.2, -0.15) is 23.5 Å².